The second-order valence-corrected chi connectivity index (χ2v) is 8.99. The fourth-order valence-corrected chi connectivity index (χ4v) is 3.90. The molecular formula is C20H25ClN2O4S. The number of rotatable bonds is 6. The van der Waals surface area contributed by atoms with E-state index in [2.05, 4.69) is 5.32 Å². The van der Waals surface area contributed by atoms with Gasteiger partial charge in [-0.3, -0.25) is 4.79 Å². The predicted molar refractivity (Wildman–Crippen MR) is 112 cm³/mol. The molecule has 8 heteroatoms. The second kappa shape index (κ2) is 9.41. The third-order valence-electron chi connectivity index (χ3n) is 4.79. The molecule has 1 aliphatic rings. The van der Waals surface area contributed by atoms with Crippen LogP contribution in [0.4, 0.5) is 5.69 Å². The monoisotopic (exact) mass is 424 g/mol. The molecule has 28 heavy (non-hydrogen) atoms. The Kier molecular flexibility index (Phi) is 7.46. The summed E-state index contributed by atoms with van der Waals surface area (Å²) in [4.78, 5) is 12.4. The van der Waals surface area contributed by atoms with E-state index in [4.69, 9.17) is 10.5 Å². The van der Waals surface area contributed by atoms with Gasteiger partial charge in [0, 0.05) is 24.4 Å². The maximum absolute atomic E-state index is 12.2. The average Bonchev–Trinajstić information content (AvgIpc) is 3.01. The van der Waals surface area contributed by atoms with Crippen molar-refractivity contribution in [3.63, 3.8) is 0 Å². The minimum Gasteiger partial charge on any atom is -0.457 e. The van der Waals surface area contributed by atoms with Crippen LogP contribution in [0.25, 0.3) is 0 Å². The lowest BCUT2D eigenvalue weighted by molar-refractivity contribution is -0.117. The number of anilines is 1. The van der Waals surface area contributed by atoms with Crippen LogP contribution in [0.5, 0.6) is 11.5 Å². The Morgan fingerprint density at radius 1 is 1.07 bits per heavy atom. The van der Waals surface area contributed by atoms with E-state index < -0.39 is 9.84 Å². The first-order chi connectivity index (χ1) is 12.8. The Labute approximate surface area is 171 Å². The molecule has 0 aliphatic heterocycles. The van der Waals surface area contributed by atoms with E-state index in [1.165, 1.54) is 12.1 Å². The SMILES string of the molecule is CS(=O)(=O)c1ccc(Oc2ccc(NC(=O)C[C@@H]3CCC[C@H]3N)cc2)cc1.Cl. The molecule has 2 aromatic rings. The summed E-state index contributed by atoms with van der Waals surface area (Å²) in [6.07, 6.45) is 4.72. The number of halogens is 1. The minimum atomic E-state index is -3.23. The van der Waals surface area contributed by atoms with E-state index >= 15 is 0 Å². The number of benzene rings is 2. The quantitative estimate of drug-likeness (QED) is 0.735. The first kappa shape index (κ1) is 22.2. The van der Waals surface area contributed by atoms with E-state index in [0.717, 1.165) is 25.5 Å². The van der Waals surface area contributed by atoms with E-state index in [1.807, 2.05) is 0 Å². The van der Waals surface area contributed by atoms with Crippen molar-refractivity contribution in [1.29, 1.82) is 0 Å². The molecule has 1 aliphatic carbocycles. The predicted octanol–water partition coefficient (Wildman–Crippen LogP) is 3.76. The molecular weight excluding hydrogens is 400 g/mol. The van der Waals surface area contributed by atoms with Gasteiger partial charge in [-0.15, -0.1) is 12.4 Å². The van der Waals surface area contributed by atoms with E-state index in [-0.39, 0.29) is 35.2 Å². The number of amides is 1. The topological polar surface area (TPSA) is 98.5 Å². The van der Waals surface area contributed by atoms with Crippen molar-refractivity contribution in [2.24, 2.45) is 11.7 Å². The lowest BCUT2D eigenvalue weighted by Crippen LogP contribution is -2.28. The number of sulfone groups is 1. The summed E-state index contributed by atoms with van der Waals surface area (Å²) in [6, 6.07) is 13.4. The third kappa shape index (κ3) is 5.95. The first-order valence-electron chi connectivity index (χ1n) is 8.95. The van der Waals surface area contributed by atoms with Crippen molar-refractivity contribution in [3.8, 4) is 11.5 Å². The van der Waals surface area contributed by atoms with Gasteiger partial charge in [0.25, 0.3) is 0 Å². The van der Waals surface area contributed by atoms with Gasteiger partial charge in [-0.1, -0.05) is 6.42 Å². The molecule has 0 bridgehead atoms. The Bertz CT molecular complexity index is 899. The van der Waals surface area contributed by atoms with Gasteiger partial charge in [-0.05, 0) is 67.3 Å². The maximum Gasteiger partial charge on any atom is 0.224 e. The van der Waals surface area contributed by atoms with Crippen molar-refractivity contribution in [3.05, 3.63) is 48.5 Å². The summed E-state index contributed by atoms with van der Waals surface area (Å²) in [5, 5.41) is 2.89. The van der Waals surface area contributed by atoms with Crippen LogP contribution < -0.4 is 15.8 Å². The molecule has 1 amide bonds. The summed E-state index contributed by atoms with van der Waals surface area (Å²) in [5.41, 5.74) is 6.72. The first-order valence-corrected chi connectivity index (χ1v) is 10.8. The highest BCUT2D eigenvalue weighted by Gasteiger charge is 2.25. The largest absolute Gasteiger partial charge is 0.457 e. The molecule has 1 fully saturated rings. The summed E-state index contributed by atoms with van der Waals surface area (Å²) in [5.74, 6) is 1.37. The molecule has 1 saturated carbocycles. The zero-order valence-corrected chi connectivity index (χ0v) is 17.3. The summed E-state index contributed by atoms with van der Waals surface area (Å²) >= 11 is 0. The minimum absolute atomic E-state index is 0. The normalized spacial score (nSPS) is 18.9. The van der Waals surface area contributed by atoms with Crippen LogP contribution in [0.15, 0.2) is 53.4 Å². The van der Waals surface area contributed by atoms with Gasteiger partial charge in [-0.25, -0.2) is 8.42 Å². The summed E-state index contributed by atoms with van der Waals surface area (Å²) in [7, 11) is -3.23. The van der Waals surface area contributed by atoms with Crippen molar-refractivity contribution in [2.45, 2.75) is 36.6 Å². The van der Waals surface area contributed by atoms with Gasteiger partial charge in [-0.2, -0.15) is 0 Å². The smallest absolute Gasteiger partial charge is 0.224 e. The van der Waals surface area contributed by atoms with Crippen LogP contribution in [0.2, 0.25) is 0 Å². The highest BCUT2D eigenvalue weighted by Crippen LogP contribution is 2.28. The Hall–Kier alpha value is -2.09. The van der Waals surface area contributed by atoms with E-state index in [9.17, 15) is 13.2 Å². The lowest BCUT2D eigenvalue weighted by Gasteiger charge is -2.15. The molecule has 0 aromatic heterocycles. The Morgan fingerprint density at radius 2 is 1.64 bits per heavy atom. The fraction of sp³-hybridized carbons (Fsp3) is 0.350. The molecule has 152 valence electrons. The van der Waals surface area contributed by atoms with Gasteiger partial charge in [0.2, 0.25) is 5.91 Å². The van der Waals surface area contributed by atoms with Gasteiger partial charge in [0.05, 0.1) is 4.90 Å². The molecule has 0 spiro atoms. The number of ether oxygens (including phenoxy) is 1. The molecule has 0 saturated heterocycles. The van der Waals surface area contributed by atoms with Gasteiger partial charge >= 0.3 is 0 Å². The number of nitrogens with two attached hydrogens (primary N) is 1. The number of carbonyl (C=O) groups is 1. The van der Waals surface area contributed by atoms with Crippen molar-refractivity contribution >= 4 is 33.8 Å². The molecule has 6 nitrogen and oxygen atoms in total. The van der Waals surface area contributed by atoms with E-state index in [0.29, 0.717) is 23.6 Å². The molecule has 2 atom stereocenters. The van der Waals surface area contributed by atoms with Crippen LogP contribution in [-0.4, -0.2) is 26.6 Å². The lowest BCUT2D eigenvalue weighted by atomic mass is 10.00. The highest BCUT2D eigenvalue weighted by atomic mass is 35.5. The number of hydrogen-bond acceptors (Lipinski definition) is 5. The van der Waals surface area contributed by atoms with Crippen LogP contribution in [-0.2, 0) is 14.6 Å². The van der Waals surface area contributed by atoms with Crippen LogP contribution in [0.3, 0.4) is 0 Å². The van der Waals surface area contributed by atoms with Gasteiger partial charge < -0.3 is 15.8 Å². The van der Waals surface area contributed by atoms with Crippen LogP contribution in [0, 0.1) is 5.92 Å². The highest BCUT2D eigenvalue weighted by molar-refractivity contribution is 7.90. The average molecular weight is 425 g/mol. The number of hydrogen-bond donors (Lipinski definition) is 2. The van der Waals surface area contributed by atoms with Gasteiger partial charge in [0.1, 0.15) is 11.5 Å². The van der Waals surface area contributed by atoms with Crippen molar-refractivity contribution in [1.82, 2.24) is 0 Å². The number of nitrogens with one attached hydrogen (secondary N) is 1. The molecule has 0 radical (unpaired) electrons. The molecule has 3 rings (SSSR count). The zero-order chi connectivity index (χ0) is 19.4. The molecule has 2 aromatic carbocycles. The Morgan fingerprint density at radius 3 is 2.14 bits per heavy atom. The van der Waals surface area contributed by atoms with E-state index in [1.54, 1.807) is 36.4 Å². The van der Waals surface area contributed by atoms with Crippen molar-refractivity contribution < 1.29 is 17.9 Å². The summed E-state index contributed by atoms with van der Waals surface area (Å²) < 4.78 is 28.6. The molecule has 0 heterocycles. The standard InChI is InChI=1S/C20H24N2O4S.ClH/c1-27(24,25)18-11-9-17(10-12-18)26-16-7-5-15(6-8-16)22-20(23)13-14-3-2-4-19(14)21;/h5-12,14,19H,2-4,13,21H2,1H3,(H,22,23);1H/t14-,19+;/m0./s1. The van der Waals surface area contributed by atoms with Crippen LogP contribution >= 0.6 is 12.4 Å². The fourth-order valence-electron chi connectivity index (χ4n) is 3.27. The number of carbonyl (C=O) groups excluding carboxylic acids is 1. The Balaban J connectivity index is 0.00000280. The summed E-state index contributed by atoms with van der Waals surface area (Å²) in [6.45, 7) is 0. The zero-order valence-electron chi connectivity index (χ0n) is 15.6. The maximum atomic E-state index is 12.2. The van der Waals surface area contributed by atoms with Crippen molar-refractivity contribution in [2.75, 3.05) is 11.6 Å². The van der Waals surface area contributed by atoms with Gasteiger partial charge in [0.15, 0.2) is 9.84 Å². The van der Waals surface area contributed by atoms with Crippen LogP contribution in [0.1, 0.15) is 25.7 Å². The molecule has 0 unspecified atom stereocenters. The third-order valence-corrected chi connectivity index (χ3v) is 5.92. The molecule has 3 N–H and O–H groups in total. The second-order valence-electron chi connectivity index (χ2n) is 6.98.